The first kappa shape index (κ1) is 14.1. The van der Waals surface area contributed by atoms with Gasteiger partial charge in [0.25, 0.3) is 5.56 Å². The van der Waals surface area contributed by atoms with Gasteiger partial charge in [0.15, 0.2) is 0 Å². The van der Waals surface area contributed by atoms with Crippen LogP contribution in [0.5, 0.6) is 0 Å². The molecule has 0 unspecified atom stereocenters. The molecule has 0 spiro atoms. The minimum atomic E-state index is -1.18. The van der Waals surface area contributed by atoms with E-state index in [0.29, 0.717) is 13.0 Å². The molecule has 0 amide bonds. The summed E-state index contributed by atoms with van der Waals surface area (Å²) in [4.78, 5) is 27.8. The number of hydrogen-bond acceptors (Lipinski definition) is 4. The molecule has 3 rings (SSSR count). The van der Waals surface area contributed by atoms with Crippen LogP contribution in [-0.2, 0) is 13.0 Å². The summed E-state index contributed by atoms with van der Waals surface area (Å²) in [5.41, 5.74) is 0.656. The van der Waals surface area contributed by atoms with E-state index < -0.39 is 11.5 Å². The minimum Gasteiger partial charge on any atom is -0.478 e. The molecule has 0 aliphatic rings. The van der Waals surface area contributed by atoms with Crippen molar-refractivity contribution in [3.05, 3.63) is 63.9 Å². The quantitative estimate of drug-likeness (QED) is 0.798. The number of carboxylic acid groups (broad SMARTS) is 1. The molecule has 6 heteroatoms. The van der Waals surface area contributed by atoms with E-state index in [0.717, 1.165) is 5.56 Å². The highest BCUT2D eigenvalue weighted by Crippen LogP contribution is 2.20. The van der Waals surface area contributed by atoms with Gasteiger partial charge in [0, 0.05) is 6.54 Å². The van der Waals surface area contributed by atoms with Crippen LogP contribution in [0.25, 0.3) is 11.1 Å². The van der Waals surface area contributed by atoms with Crippen molar-refractivity contribution in [2.24, 2.45) is 0 Å². The second kappa shape index (κ2) is 5.48. The smallest absolute Gasteiger partial charge is 0.340 e. The van der Waals surface area contributed by atoms with Gasteiger partial charge in [0.05, 0.1) is 0 Å². The lowest BCUT2D eigenvalue weighted by Gasteiger charge is -2.05. The first-order valence-electron chi connectivity index (χ1n) is 6.83. The lowest BCUT2D eigenvalue weighted by Crippen LogP contribution is -2.22. The summed E-state index contributed by atoms with van der Waals surface area (Å²) >= 11 is 0. The van der Waals surface area contributed by atoms with Crippen LogP contribution in [0.4, 0.5) is 0 Å². The minimum absolute atomic E-state index is 0.0283. The number of aromatic carboxylic acids is 1. The summed E-state index contributed by atoms with van der Waals surface area (Å²) in [6.07, 6.45) is 2.05. The Labute approximate surface area is 125 Å². The van der Waals surface area contributed by atoms with Crippen molar-refractivity contribution in [1.29, 1.82) is 0 Å². The average molecular weight is 298 g/mol. The number of carbonyl (C=O) groups is 1. The molecule has 2 heterocycles. The van der Waals surface area contributed by atoms with Gasteiger partial charge in [-0.15, -0.1) is 0 Å². The molecule has 0 bridgehead atoms. The maximum absolute atomic E-state index is 12.5. The maximum atomic E-state index is 12.5. The molecule has 0 aliphatic heterocycles. The summed E-state index contributed by atoms with van der Waals surface area (Å²) in [6.45, 7) is 1.94. The van der Waals surface area contributed by atoms with E-state index >= 15 is 0 Å². The third kappa shape index (κ3) is 2.39. The molecule has 0 aliphatic carbocycles. The van der Waals surface area contributed by atoms with Crippen molar-refractivity contribution < 1.29 is 14.3 Å². The summed E-state index contributed by atoms with van der Waals surface area (Å²) in [5.74, 6) is -0.996. The lowest BCUT2D eigenvalue weighted by molar-refractivity contribution is 0.0697. The molecule has 0 radical (unpaired) electrons. The van der Waals surface area contributed by atoms with Crippen molar-refractivity contribution in [3.8, 4) is 0 Å². The molecule has 0 saturated heterocycles. The zero-order valence-electron chi connectivity index (χ0n) is 11.9. The van der Waals surface area contributed by atoms with Gasteiger partial charge in [0.2, 0.25) is 5.71 Å². The van der Waals surface area contributed by atoms with E-state index in [1.807, 2.05) is 30.3 Å². The summed E-state index contributed by atoms with van der Waals surface area (Å²) in [7, 11) is 0. The van der Waals surface area contributed by atoms with Gasteiger partial charge < -0.3 is 9.52 Å². The molecule has 0 atom stereocenters. The molecule has 2 aromatic heterocycles. The highest BCUT2D eigenvalue weighted by molar-refractivity contribution is 6.02. The monoisotopic (exact) mass is 298 g/mol. The molecule has 1 N–H and O–H groups in total. The van der Waals surface area contributed by atoms with Crippen molar-refractivity contribution in [2.75, 3.05) is 0 Å². The fourth-order valence-corrected chi connectivity index (χ4v) is 2.45. The number of aromatic nitrogens is 2. The van der Waals surface area contributed by atoms with Crippen LogP contribution in [0.1, 0.15) is 21.7 Å². The van der Waals surface area contributed by atoms with Crippen LogP contribution in [0.15, 0.2) is 45.9 Å². The highest BCUT2D eigenvalue weighted by Gasteiger charge is 2.22. The lowest BCUT2D eigenvalue weighted by atomic mass is 10.1. The van der Waals surface area contributed by atoms with E-state index in [-0.39, 0.29) is 22.4 Å². The van der Waals surface area contributed by atoms with Gasteiger partial charge >= 0.3 is 5.97 Å². The summed E-state index contributed by atoms with van der Waals surface area (Å²) in [6, 6.07) is 9.74. The summed E-state index contributed by atoms with van der Waals surface area (Å²) in [5, 5.41) is 9.27. The second-order valence-corrected chi connectivity index (χ2v) is 5.00. The molecule has 1 aromatic carbocycles. The first-order chi connectivity index (χ1) is 10.6. The molecule has 0 saturated carbocycles. The molecular formula is C16H14N2O4. The zero-order valence-corrected chi connectivity index (χ0v) is 11.9. The number of rotatable bonds is 4. The third-order valence-electron chi connectivity index (χ3n) is 3.55. The van der Waals surface area contributed by atoms with Gasteiger partial charge in [-0.3, -0.25) is 9.36 Å². The Kier molecular flexibility index (Phi) is 3.50. The number of nitrogens with zero attached hydrogens (tertiary/aromatic N) is 2. The second-order valence-electron chi connectivity index (χ2n) is 5.00. The Morgan fingerprint density at radius 1 is 1.32 bits per heavy atom. The van der Waals surface area contributed by atoms with E-state index in [4.69, 9.17) is 4.42 Å². The van der Waals surface area contributed by atoms with Gasteiger partial charge in [-0.1, -0.05) is 30.3 Å². The Balaban J connectivity index is 2.01. The topological polar surface area (TPSA) is 85.3 Å². The van der Waals surface area contributed by atoms with Crippen LogP contribution >= 0.6 is 0 Å². The molecule has 0 fully saturated rings. The van der Waals surface area contributed by atoms with Gasteiger partial charge in [-0.25, -0.2) is 9.78 Å². The van der Waals surface area contributed by atoms with Crippen molar-refractivity contribution >= 4 is 17.1 Å². The summed E-state index contributed by atoms with van der Waals surface area (Å²) < 4.78 is 6.67. The maximum Gasteiger partial charge on any atom is 0.340 e. The van der Waals surface area contributed by atoms with Crippen LogP contribution in [0.3, 0.4) is 0 Å². The number of furan rings is 1. The number of aryl methyl sites for hydroxylation is 3. The number of hydrogen-bond donors (Lipinski definition) is 1. The Hall–Kier alpha value is -2.89. The SMILES string of the molecule is Cc1oc2ncn(CCc3ccccc3)c(=O)c2c1C(=O)O. The van der Waals surface area contributed by atoms with E-state index in [2.05, 4.69) is 4.98 Å². The van der Waals surface area contributed by atoms with Crippen molar-refractivity contribution in [1.82, 2.24) is 9.55 Å². The van der Waals surface area contributed by atoms with E-state index in [9.17, 15) is 14.7 Å². The molecule has 6 nitrogen and oxygen atoms in total. The predicted molar refractivity (Wildman–Crippen MR) is 80.1 cm³/mol. The van der Waals surface area contributed by atoms with Crippen molar-refractivity contribution in [3.63, 3.8) is 0 Å². The Morgan fingerprint density at radius 3 is 2.73 bits per heavy atom. The Morgan fingerprint density at radius 2 is 2.05 bits per heavy atom. The largest absolute Gasteiger partial charge is 0.478 e. The standard InChI is InChI=1S/C16H14N2O4/c1-10-12(16(20)21)13-14(22-10)17-9-18(15(13)19)8-7-11-5-3-2-4-6-11/h2-6,9H,7-8H2,1H3,(H,20,21). The van der Waals surface area contributed by atoms with E-state index in [1.165, 1.54) is 17.8 Å². The number of fused-ring (bicyclic) bond motifs is 1. The number of carboxylic acids is 1. The predicted octanol–water partition coefficient (Wildman–Crippen LogP) is 2.24. The molecular weight excluding hydrogens is 284 g/mol. The van der Waals surface area contributed by atoms with Crippen LogP contribution < -0.4 is 5.56 Å². The normalized spacial score (nSPS) is 11.0. The van der Waals surface area contributed by atoms with Gasteiger partial charge in [-0.2, -0.15) is 0 Å². The molecule has 112 valence electrons. The molecule has 22 heavy (non-hydrogen) atoms. The van der Waals surface area contributed by atoms with Crippen molar-refractivity contribution in [2.45, 2.75) is 19.9 Å². The first-order valence-corrected chi connectivity index (χ1v) is 6.83. The fourth-order valence-electron chi connectivity index (χ4n) is 2.45. The Bertz CT molecular complexity index is 894. The van der Waals surface area contributed by atoms with E-state index in [1.54, 1.807) is 0 Å². The van der Waals surface area contributed by atoms with Crippen LogP contribution in [-0.4, -0.2) is 20.6 Å². The van der Waals surface area contributed by atoms with Gasteiger partial charge in [0.1, 0.15) is 23.0 Å². The van der Waals surface area contributed by atoms with Gasteiger partial charge in [-0.05, 0) is 18.9 Å². The number of benzene rings is 1. The van der Waals surface area contributed by atoms with Crippen LogP contribution in [0.2, 0.25) is 0 Å². The highest BCUT2D eigenvalue weighted by atomic mass is 16.4. The fraction of sp³-hybridized carbons (Fsp3) is 0.188. The molecule has 3 aromatic rings. The third-order valence-corrected chi connectivity index (χ3v) is 3.55. The zero-order chi connectivity index (χ0) is 15.7. The van der Waals surface area contributed by atoms with Crippen LogP contribution in [0, 0.1) is 6.92 Å². The average Bonchev–Trinajstić information content (AvgIpc) is 2.85.